The third-order valence-electron chi connectivity index (χ3n) is 3.97. The molecule has 0 saturated carbocycles. The highest BCUT2D eigenvalue weighted by atomic mass is 16.5. The molecule has 0 aliphatic heterocycles. The average Bonchev–Trinajstić information content (AvgIpc) is 2.66. The number of rotatable bonds is 7. The minimum Gasteiger partial charge on any atom is -0.497 e. The second-order valence-corrected chi connectivity index (χ2v) is 6.63. The Morgan fingerprint density at radius 2 is 1.64 bits per heavy atom. The zero-order valence-corrected chi connectivity index (χ0v) is 16.8. The summed E-state index contributed by atoms with van der Waals surface area (Å²) in [6, 6.07) is 10.6. The zero-order chi connectivity index (χ0) is 20.7. The molecular weight excluding hydrogens is 356 g/mol. The van der Waals surface area contributed by atoms with Crippen LogP contribution in [-0.2, 0) is 4.79 Å². The van der Waals surface area contributed by atoms with Crippen LogP contribution in [0.25, 0.3) is 6.08 Å². The molecule has 0 radical (unpaired) electrons. The molecule has 28 heavy (non-hydrogen) atoms. The first-order valence-corrected chi connectivity index (χ1v) is 8.96. The topological polar surface area (TPSA) is 76.7 Å². The first-order chi connectivity index (χ1) is 13.3. The van der Waals surface area contributed by atoms with E-state index in [0.717, 1.165) is 11.1 Å². The first kappa shape index (κ1) is 21.0. The summed E-state index contributed by atoms with van der Waals surface area (Å²) in [6.07, 6.45) is 3.09. The molecule has 0 bridgehead atoms. The summed E-state index contributed by atoms with van der Waals surface area (Å²) >= 11 is 0. The average molecular weight is 382 g/mol. The lowest BCUT2D eigenvalue weighted by Crippen LogP contribution is -2.30. The predicted octanol–water partition coefficient (Wildman–Crippen LogP) is 3.80. The van der Waals surface area contributed by atoms with Gasteiger partial charge in [-0.2, -0.15) is 0 Å². The fourth-order valence-electron chi connectivity index (χ4n) is 2.57. The van der Waals surface area contributed by atoms with Gasteiger partial charge in [0.05, 0.1) is 14.2 Å². The van der Waals surface area contributed by atoms with Crippen molar-refractivity contribution in [2.45, 2.75) is 26.8 Å². The molecule has 2 amide bonds. The number of carbonyl (C=O) groups is 2. The van der Waals surface area contributed by atoms with Crippen LogP contribution in [0, 0.1) is 6.92 Å². The van der Waals surface area contributed by atoms with E-state index >= 15 is 0 Å². The van der Waals surface area contributed by atoms with Gasteiger partial charge in [-0.25, -0.2) is 0 Å². The first-order valence-electron chi connectivity index (χ1n) is 8.96. The molecule has 6 nitrogen and oxygen atoms in total. The lowest BCUT2D eigenvalue weighted by Gasteiger charge is -2.12. The van der Waals surface area contributed by atoms with Crippen molar-refractivity contribution in [3.8, 4) is 11.5 Å². The van der Waals surface area contributed by atoms with E-state index in [2.05, 4.69) is 10.6 Å². The van der Waals surface area contributed by atoms with Crippen molar-refractivity contribution in [1.29, 1.82) is 0 Å². The van der Waals surface area contributed by atoms with Crippen LogP contribution in [0.3, 0.4) is 0 Å². The maximum atomic E-state index is 12.3. The standard InChI is InChI=1S/C22H26N2O4/c1-14(2)23-22(26)20-12-17(8-6-15(20)3)24-21(25)9-7-16-10-18(27-4)13-19(11-16)28-5/h6-14H,1-5H3,(H,23,26)(H,24,25)/b9-7+. The number of ether oxygens (including phenoxy) is 2. The van der Waals surface area contributed by atoms with Gasteiger partial charge in [-0.3, -0.25) is 9.59 Å². The second-order valence-electron chi connectivity index (χ2n) is 6.63. The molecule has 0 aliphatic rings. The van der Waals surface area contributed by atoms with Crippen LogP contribution in [0.15, 0.2) is 42.5 Å². The number of hydrogen-bond acceptors (Lipinski definition) is 4. The number of benzene rings is 2. The van der Waals surface area contributed by atoms with E-state index in [1.54, 1.807) is 50.6 Å². The van der Waals surface area contributed by atoms with Crippen molar-refractivity contribution in [1.82, 2.24) is 5.32 Å². The molecule has 0 heterocycles. The molecule has 0 saturated heterocycles. The molecule has 0 atom stereocenters. The van der Waals surface area contributed by atoms with Crippen LogP contribution >= 0.6 is 0 Å². The Labute approximate surface area is 165 Å². The van der Waals surface area contributed by atoms with Crippen LogP contribution in [0.1, 0.15) is 35.3 Å². The smallest absolute Gasteiger partial charge is 0.251 e. The number of nitrogens with one attached hydrogen (secondary N) is 2. The fraction of sp³-hybridized carbons (Fsp3) is 0.273. The van der Waals surface area contributed by atoms with Gasteiger partial charge in [0.15, 0.2) is 0 Å². The van der Waals surface area contributed by atoms with Crippen LogP contribution in [-0.4, -0.2) is 32.1 Å². The molecule has 2 rings (SSSR count). The van der Waals surface area contributed by atoms with E-state index in [-0.39, 0.29) is 17.9 Å². The molecule has 0 aliphatic carbocycles. The fourth-order valence-corrected chi connectivity index (χ4v) is 2.57. The Kier molecular flexibility index (Phi) is 7.21. The van der Waals surface area contributed by atoms with Crippen molar-refractivity contribution in [2.75, 3.05) is 19.5 Å². The Bertz CT molecular complexity index is 866. The summed E-state index contributed by atoms with van der Waals surface area (Å²) in [5.74, 6) is 0.806. The highest BCUT2D eigenvalue weighted by molar-refractivity contribution is 6.03. The number of hydrogen-bond donors (Lipinski definition) is 2. The van der Waals surface area contributed by atoms with E-state index < -0.39 is 0 Å². The van der Waals surface area contributed by atoms with Gasteiger partial charge < -0.3 is 20.1 Å². The maximum absolute atomic E-state index is 12.3. The van der Waals surface area contributed by atoms with Gasteiger partial charge in [0.25, 0.3) is 5.91 Å². The lowest BCUT2D eigenvalue weighted by atomic mass is 10.1. The maximum Gasteiger partial charge on any atom is 0.251 e. The van der Waals surface area contributed by atoms with Crippen molar-refractivity contribution >= 4 is 23.6 Å². The van der Waals surface area contributed by atoms with Crippen LogP contribution < -0.4 is 20.1 Å². The number of aryl methyl sites for hydroxylation is 1. The molecule has 2 N–H and O–H groups in total. The molecule has 6 heteroatoms. The van der Waals surface area contributed by atoms with Crippen LogP contribution in [0.5, 0.6) is 11.5 Å². The van der Waals surface area contributed by atoms with E-state index in [1.807, 2.05) is 26.8 Å². The number of amides is 2. The predicted molar refractivity (Wildman–Crippen MR) is 111 cm³/mol. The van der Waals surface area contributed by atoms with Crippen molar-refractivity contribution in [3.63, 3.8) is 0 Å². The summed E-state index contributed by atoms with van der Waals surface area (Å²) in [6.45, 7) is 5.66. The zero-order valence-electron chi connectivity index (χ0n) is 16.8. The molecule has 0 spiro atoms. The molecule has 148 valence electrons. The lowest BCUT2D eigenvalue weighted by molar-refractivity contribution is -0.111. The quantitative estimate of drug-likeness (QED) is 0.714. The number of carbonyl (C=O) groups excluding carboxylic acids is 2. The van der Waals surface area contributed by atoms with Gasteiger partial charge in [-0.15, -0.1) is 0 Å². The van der Waals surface area contributed by atoms with Gasteiger partial charge in [-0.05, 0) is 62.2 Å². The highest BCUT2D eigenvalue weighted by Crippen LogP contribution is 2.23. The summed E-state index contributed by atoms with van der Waals surface area (Å²) in [5, 5.41) is 5.64. The Morgan fingerprint density at radius 1 is 1.00 bits per heavy atom. The third kappa shape index (κ3) is 5.87. The number of methoxy groups -OCH3 is 2. The molecule has 0 unspecified atom stereocenters. The minimum atomic E-state index is -0.305. The van der Waals surface area contributed by atoms with E-state index in [9.17, 15) is 9.59 Å². The summed E-state index contributed by atoms with van der Waals surface area (Å²) in [4.78, 5) is 24.6. The Morgan fingerprint density at radius 3 is 2.21 bits per heavy atom. The molecule has 2 aromatic carbocycles. The monoisotopic (exact) mass is 382 g/mol. The highest BCUT2D eigenvalue weighted by Gasteiger charge is 2.11. The van der Waals surface area contributed by atoms with E-state index in [4.69, 9.17) is 9.47 Å². The SMILES string of the molecule is COc1cc(/C=C/C(=O)Nc2ccc(C)c(C(=O)NC(C)C)c2)cc(OC)c1. The second kappa shape index (κ2) is 9.60. The minimum absolute atomic E-state index is 0.0351. The van der Waals surface area contributed by atoms with Gasteiger partial charge in [0, 0.05) is 29.4 Å². The van der Waals surface area contributed by atoms with E-state index in [1.165, 1.54) is 6.08 Å². The molecule has 2 aromatic rings. The largest absolute Gasteiger partial charge is 0.497 e. The molecular formula is C22H26N2O4. The van der Waals surface area contributed by atoms with Crippen molar-refractivity contribution < 1.29 is 19.1 Å². The summed E-state index contributed by atoms with van der Waals surface area (Å²) in [5.41, 5.74) is 2.70. The normalized spacial score (nSPS) is 10.8. The van der Waals surface area contributed by atoms with Crippen LogP contribution in [0.4, 0.5) is 5.69 Å². The summed E-state index contributed by atoms with van der Waals surface area (Å²) in [7, 11) is 3.14. The van der Waals surface area contributed by atoms with Gasteiger partial charge in [0.2, 0.25) is 5.91 Å². The van der Waals surface area contributed by atoms with Crippen LogP contribution in [0.2, 0.25) is 0 Å². The van der Waals surface area contributed by atoms with Gasteiger partial charge in [0.1, 0.15) is 11.5 Å². The van der Waals surface area contributed by atoms with Gasteiger partial charge >= 0.3 is 0 Å². The van der Waals surface area contributed by atoms with Crippen molar-refractivity contribution in [3.05, 3.63) is 59.2 Å². The number of anilines is 1. The summed E-state index contributed by atoms with van der Waals surface area (Å²) < 4.78 is 10.4. The molecule has 0 fully saturated rings. The van der Waals surface area contributed by atoms with Gasteiger partial charge in [-0.1, -0.05) is 6.07 Å². The van der Waals surface area contributed by atoms with Crippen molar-refractivity contribution in [2.24, 2.45) is 0 Å². The Balaban J connectivity index is 2.13. The Hall–Kier alpha value is -3.28. The molecule has 0 aromatic heterocycles. The third-order valence-corrected chi connectivity index (χ3v) is 3.97. The van der Waals surface area contributed by atoms with E-state index in [0.29, 0.717) is 22.7 Å².